The summed E-state index contributed by atoms with van der Waals surface area (Å²) in [6.07, 6.45) is 7.78. The van der Waals surface area contributed by atoms with Gasteiger partial charge in [0.2, 0.25) is 0 Å². The maximum absolute atomic E-state index is 13.5. The highest BCUT2D eigenvalue weighted by atomic mass is 19.1. The van der Waals surface area contributed by atoms with Crippen molar-refractivity contribution in [3.8, 4) is 0 Å². The third-order valence-electron chi connectivity index (χ3n) is 5.46. The predicted octanol–water partition coefficient (Wildman–Crippen LogP) is 2.79. The Morgan fingerprint density at radius 2 is 2.05 bits per heavy atom. The van der Waals surface area contributed by atoms with Crippen LogP contribution in [0.3, 0.4) is 0 Å². The van der Waals surface area contributed by atoms with E-state index < -0.39 is 0 Å². The Bertz CT molecular complexity index is 694. The molecule has 0 bridgehead atoms. The molecule has 2 aliphatic carbocycles. The first-order valence-electron chi connectivity index (χ1n) is 7.45. The number of nitrogens with two attached hydrogens (primary N) is 1. The third kappa shape index (κ3) is 1.66. The number of aromatic nitrogens is 3. The first-order valence-corrected chi connectivity index (χ1v) is 7.45. The van der Waals surface area contributed by atoms with E-state index in [-0.39, 0.29) is 16.9 Å². The summed E-state index contributed by atoms with van der Waals surface area (Å²) in [5.74, 6) is 0.607. The molecule has 0 atom stereocenters. The Balaban J connectivity index is 1.81. The van der Waals surface area contributed by atoms with Crippen LogP contribution in [0.4, 0.5) is 10.1 Å². The molecule has 0 unspecified atom stereocenters. The normalized spacial score (nSPS) is 21.8. The molecule has 0 saturated heterocycles. The van der Waals surface area contributed by atoms with Gasteiger partial charge in [-0.1, -0.05) is 12.5 Å². The van der Waals surface area contributed by atoms with Crippen LogP contribution in [0, 0.1) is 11.2 Å². The molecule has 2 N–H and O–H groups in total. The van der Waals surface area contributed by atoms with Crippen molar-refractivity contribution in [1.29, 1.82) is 0 Å². The van der Waals surface area contributed by atoms with Gasteiger partial charge in [0, 0.05) is 7.05 Å². The van der Waals surface area contributed by atoms with Crippen LogP contribution in [-0.2, 0) is 12.5 Å². The lowest BCUT2D eigenvalue weighted by Crippen LogP contribution is -2.54. The summed E-state index contributed by atoms with van der Waals surface area (Å²) in [6.45, 7) is 0. The van der Waals surface area contributed by atoms with Gasteiger partial charge >= 0.3 is 0 Å². The minimum Gasteiger partial charge on any atom is -0.396 e. The summed E-state index contributed by atoms with van der Waals surface area (Å²) in [5.41, 5.74) is 7.37. The van der Waals surface area contributed by atoms with E-state index in [2.05, 4.69) is 10.2 Å². The van der Waals surface area contributed by atoms with Gasteiger partial charge in [0.05, 0.1) is 11.1 Å². The van der Waals surface area contributed by atoms with Crippen LogP contribution in [0.15, 0.2) is 24.5 Å². The fourth-order valence-corrected chi connectivity index (χ4v) is 4.31. The van der Waals surface area contributed by atoms with E-state index >= 15 is 0 Å². The molecule has 1 heterocycles. The summed E-state index contributed by atoms with van der Waals surface area (Å²) >= 11 is 0. The SMILES string of the molecule is Cn1cnnc1C1(c2ccc(F)c(N)c2)CC2(CCC2)C1. The van der Waals surface area contributed by atoms with Gasteiger partial charge in [-0.15, -0.1) is 10.2 Å². The van der Waals surface area contributed by atoms with E-state index in [0.29, 0.717) is 5.41 Å². The molecule has 2 saturated carbocycles. The highest BCUT2D eigenvalue weighted by molar-refractivity contribution is 5.49. The highest BCUT2D eigenvalue weighted by Gasteiger charge is 2.60. The van der Waals surface area contributed by atoms with Crippen LogP contribution in [0.1, 0.15) is 43.5 Å². The maximum atomic E-state index is 13.5. The van der Waals surface area contributed by atoms with Crippen LogP contribution < -0.4 is 5.73 Å². The molecule has 2 aromatic rings. The standard InChI is InChI=1S/C16H19FN4/c1-21-10-19-20-14(21)16(8-15(9-16)5-2-6-15)11-3-4-12(17)13(18)7-11/h3-4,7,10H,2,5-6,8-9,18H2,1H3. The summed E-state index contributed by atoms with van der Waals surface area (Å²) in [4.78, 5) is 0. The van der Waals surface area contributed by atoms with Crippen molar-refractivity contribution in [3.05, 3.63) is 41.7 Å². The minimum absolute atomic E-state index is 0.159. The van der Waals surface area contributed by atoms with Gasteiger partial charge < -0.3 is 10.3 Å². The van der Waals surface area contributed by atoms with Gasteiger partial charge in [0.1, 0.15) is 18.0 Å². The Kier molecular flexibility index (Phi) is 2.47. The van der Waals surface area contributed by atoms with Gasteiger partial charge in [0.25, 0.3) is 0 Å². The number of halogens is 1. The Hall–Kier alpha value is -1.91. The third-order valence-corrected chi connectivity index (χ3v) is 5.46. The van der Waals surface area contributed by atoms with E-state index in [9.17, 15) is 4.39 Å². The second kappa shape index (κ2) is 4.06. The smallest absolute Gasteiger partial charge is 0.146 e. The lowest BCUT2D eigenvalue weighted by atomic mass is 9.43. The van der Waals surface area contributed by atoms with Gasteiger partial charge in [-0.25, -0.2) is 4.39 Å². The van der Waals surface area contributed by atoms with E-state index in [0.717, 1.165) is 24.2 Å². The van der Waals surface area contributed by atoms with E-state index in [1.807, 2.05) is 17.7 Å². The molecule has 110 valence electrons. The Morgan fingerprint density at radius 3 is 2.57 bits per heavy atom. The van der Waals surface area contributed by atoms with Crippen molar-refractivity contribution in [3.63, 3.8) is 0 Å². The van der Waals surface area contributed by atoms with Crippen molar-refractivity contribution < 1.29 is 4.39 Å². The highest BCUT2D eigenvalue weighted by Crippen LogP contribution is 2.66. The summed E-state index contributed by atoms with van der Waals surface area (Å²) < 4.78 is 15.5. The lowest BCUT2D eigenvalue weighted by molar-refractivity contribution is -0.0346. The van der Waals surface area contributed by atoms with Crippen LogP contribution in [0.25, 0.3) is 0 Å². The molecule has 1 aromatic heterocycles. The summed E-state index contributed by atoms with van der Waals surface area (Å²) in [7, 11) is 1.97. The van der Waals surface area contributed by atoms with Crippen LogP contribution in [0.2, 0.25) is 0 Å². The van der Waals surface area contributed by atoms with E-state index in [1.165, 1.54) is 25.3 Å². The second-order valence-electron chi connectivity index (χ2n) is 6.79. The molecule has 4 nitrogen and oxygen atoms in total. The van der Waals surface area contributed by atoms with E-state index in [4.69, 9.17) is 5.73 Å². The van der Waals surface area contributed by atoms with Crippen LogP contribution in [0.5, 0.6) is 0 Å². The number of anilines is 1. The average Bonchev–Trinajstić information content (AvgIpc) is 2.78. The summed E-state index contributed by atoms with van der Waals surface area (Å²) in [5, 5.41) is 8.38. The van der Waals surface area contributed by atoms with E-state index in [1.54, 1.807) is 12.4 Å². The molecule has 5 heteroatoms. The molecular formula is C16H19FN4. The molecule has 2 aliphatic rings. The second-order valence-corrected chi connectivity index (χ2v) is 6.79. The number of hydrogen-bond donors (Lipinski definition) is 1. The first-order chi connectivity index (χ1) is 10.0. The Morgan fingerprint density at radius 1 is 1.29 bits per heavy atom. The van der Waals surface area contributed by atoms with Gasteiger partial charge in [0.15, 0.2) is 0 Å². The monoisotopic (exact) mass is 286 g/mol. The molecule has 4 rings (SSSR count). The maximum Gasteiger partial charge on any atom is 0.146 e. The zero-order valence-electron chi connectivity index (χ0n) is 12.1. The van der Waals surface area contributed by atoms with Crippen molar-refractivity contribution >= 4 is 5.69 Å². The molecule has 21 heavy (non-hydrogen) atoms. The summed E-state index contributed by atoms with van der Waals surface area (Å²) in [6, 6.07) is 5.09. The largest absolute Gasteiger partial charge is 0.396 e. The first kappa shape index (κ1) is 12.8. The molecule has 1 spiro atoms. The van der Waals surface area contributed by atoms with Gasteiger partial charge in [-0.05, 0) is 48.8 Å². The molecular weight excluding hydrogens is 267 g/mol. The quantitative estimate of drug-likeness (QED) is 0.864. The van der Waals surface area contributed by atoms with Crippen molar-refractivity contribution in [1.82, 2.24) is 14.8 Å². The molecule has 0 amide bonds. The molecule has 0 radical (unpaired) electrons. The molecule has 1 aromatic carbocycles. The minimum atomic E-state index is -0.357. The van der Waals surface area contributed by atoms with Gasteiger partial charge in [-0.3, -0.25) is 0 Å². The molecule has 2 fully saturated rings. The van der Waals surface area contributed by atoms with Crippen molar-refractivity contribution in [2.24, 2.45) is 12.5 Å². The van der Waals surface area contributed by atoms with Crippen molar-refractivity contribution in [2.75, 3.05) is 5.73 Å². The van der Waals surface area contributed by atoms with Crippen molar-refractivity contribution in [2.45, 2.75) is 37.5 Å². The zero-order chi connectivity index (χ0) is 14.7. The predicted molar refractivity (Wildman–Crippen MR) is 78.1 cm³/mol. The Labute approximate surface area is 123 Å². The molecule has 0 aliphatic heterocycles. The average molecular weight is 286 g/mol. The van der Waals surface area contributed by atoms with Gasteiger partial charge in [-0.2, -0.15) is 0 Å². The van der Waals surface area contributed by atoms with Crippen LogP contribution >= 0.6 is 0 Å². The number of aryl methyl sites for hydroxylation is 1. The number of rotatable bonds is 2. The fourth-order valence-electron chi connectivity index (χ4n) is 4.31. The van der Waals surface area contributed by atoms with Crippen LogP contribution in [-0.4, -0.2) is 14.8 Å². The zero-order valence-corrected chi connectivity index (χ0v) is 12.1. The number of benzene rings is 1. The topological polar surface area (TPSA) is 56.7 Å². The number of nitrogen functional groups attached to an aromatic ring is 1. The number of hydrogen-bond acceptors (Lipinski definition) is 3. The lowest BCUT2D eigenvalue weighted by Gasteiger charge is -2.60. The number of nitrogens with zero attached hydrogens (tertiary/aromatic N) is 3. The fraction of sp³-hybridized carbons (Fsp3) is 0.500.